The van der Waals surface area contributed by atoms with Crippen LogP contribution in [-0.2, 0) is 0 Å². The number of nitrogens with two attached hydrogens (primary N) is 1. The van der Waals surface area contributed by atoms with Gasteiger partial charge in [0, 0.05) is 6.20 Å². The van der Waals surface area contributed by atoms with Crippen molar-refractivity contribution in [1.29, 1.82) is 0 Å². The number of nitrogens with zero attached hydrogens (tertiary/aromatic N) is 2. The number of fused-ring (bicyclic) bond motifs is 1. The standard InChI is InChI=1S/C10H10BrN3S/c1-5-3-7(11)10-13-6(2)8(9(12)15)14(10)4-5/h3-4H,1-2H3,(H2,12,15). The van der Waals surface area contributed by atoms with Crippen molar-refractivity contribution in [3.63, 3.8) is 0 Å². The molecule has 2 aromatic rings. The topological polar surface area (TPSA) is 43.3 Å². The van der Waals surface area contributed by atoms with Crippen LogP contribution in [0.4, 0.5) is 0 Å². The van der Waals surface area contributed by atoms with E-state index in [0.717, 1.165) is 27.1 Å². The summed E-state index contributed by atoms with van der Waals surface area (Å²) < 4.78 is 2.88. The summed E-state index contributed by atoms with van der Waals surface area (Å²) in [5, 5.41) is 0. The van der Waals surface area contributed by atoms with E-state index in [1.807, 2.05) is 30.5 Å². The van der Waals surface area contributed by atoms with Gasteiger partial charge >= 0.3 is 0 Å². The Kier molecular flexibility index (Phi) is 2.52. The molecule has 0 unspecified atom stereocenters. The maximum Gasteiger partial charge on any atom is 0.151 e. The molecule has 0 fully saturated rings. The highest BCUT2D eigenvalue weighted by Crippen LogP contribution is 2.22. The Hall–Kier alpha value is -0.940. The third kappa shape index (κ3) is 1.66. The van der Waals surface area contributed by atoms with Crippen molar-refractivity contribution in [1.82, 2.24) is 9.38 Å². The summed E-state index contributed by atoms with van der Waals surface area (Å²) in [6.07, 6.45) is 1.98. The quantitative estimate of drug-likeness (QED) is 0.817. The van der Waals surface area contributed by atoms with Crippen LogP contribution in [0.25, 0.3) is 5.65 Å². The molecule has 2 N–H and O–H groups in total. The molecule has 0 aromatic carbocycles. The molecule has 5 heteroatoms. The number of imidazole rings is 1. The summed E-state index contributed by atoms with van der Waals surface area (Å²) in [5.74, 6) is 0. The zero-order valence-corrected chi connectivity index (χ0v) is 10.8. The number of halogens is 1. The average Bonchev–Trinajstić information content (AvgIpc) is 2.41. The van der Waals surface area contributed by atoms with Crippen LogP contribution in [0.15, 0.2) is 16.7 Å². The fourth-order valence-electron chi connectivity index (χ4n) is 1.64. The Balaban J connectivity index is 2.93. The molecule has 0 aliphatic heterocycles. The maximum atomic E-state index is 5.68. The minimum absolute atomic E-state index is 0.373. The number of thiocarbonyl (C=S) groups is 1. The SMILES string of the molecule is Cc1cc(Br)c2nc(C)c(C(N)=S)n2c1. The van der Waals surface area contributed by atoms with Gasteiger partial charge in [0.2, 0.25) is 0 Å². The van der Waals surface area contributed by atoms with E-state index in [1.54, 1.807) is 0 Å². The Bertz CT molecular complexity index is 559. The first-order valence-electron chi connectivity index (χ1n) is 4.45. The average molecular weight is 284 g/mol. The first kappa shape index (κ1) is 10.6. The monoisotopic (exact) mass is 283 g/mol. The molecular formula is C10H10BrN3S. The van der Waals surface area contributed by atoms with Crippen molar-refractivity contribution in [2.75, 3.05) is 0 Å². The maximum absolute atomic E-state index is 5.68. The summed E-state index contributed by atoms with van der Waals surface area (Å²) in [6.45, 7) is 3.92. The summed E-state index contributed by atoms with van der Waals surface area (Å²) >= 11 is 8.50. The number of pyridine rings is 1. The van der Waals surface area contributed by atoms with Crippen molar-refractivity contribution < 1.29 is 0 Å². The highest BCUT2D eigenvalue weighted by Gasteiger charge is 2.13. The van der Waals surface area contributed by atoms with Gasteiger partial charge < -0.3 is 5.73 Å². The molecule has 78 valence electrons. The molecule has 0 atom stereocenters. The highest BCUT2D eigenvalue weighted by molar-refractivity contribution is 9.10. The van der Waals surface area contributed by atoms with Gasteiger partial charge in [0.05, 0.1) is 10.2 Å². The van der Waals surface area contributed by atoms with Gasteiger partial charge in [-0.1, -0.05) is 12.2 Å². The Morgan fingerprint density at radius 1 is 1.53 bits per heavy atom. The van der Waals surface area contributed by atoms with E-state index in [4.69, 9.17) is 18.0 Å². The van der Waals surface area contributed by atoms with Crippen molar-refractivity contribution in [2.45, 2.75) is 13.8 Å². The van der Waals surface area contributed by atoms with E-state index in [9.17, 15) is 0 Å². The zero-order chi connectivity index (χ0) is 11.2. The largest absolute Gasteiger partial charge is 0.388 e. The van der Waals surface area contributed by atoms with Gasteiger partial charge in [0.25, 0.3) is 0 Å². The van der Waals surface area contributed by atoms with Gasteiger partial charge in [-0.3, -0.25) is 4.40 Å². The third-order valence-corrected chi connectivity index (χ3v) is 3.00. The fourth-order valence-corrected chi connectivity index (χ4v) is 2.53. The second-order valence-corrected chi connectivity index (χ2v) is 4.76. The molecule has 2 aromatic heterocycles. The normalized spacial score (nSPS) is 10.9. The fraction of sp³-hybridized carbons (Fsp3) is 0.200. The van der Waals surface area contributed by atoms with Crippen molar-refractivity contribution in [3.05, 3.63) is 33.7 Å². The zero-order valence-electron chi connectivity index (χ0n) is 8.41. The second kappa shape index (κ2) is 3.57. The van der Waals surface area contributed by atoms with Gasteiger partial charge in [-0.05, 0) is 41.4 Å². The van der Waals surface area contributed by atoms with Crippen LogP contribution in [0, 0.1) is 13.8 Å². The molecule has 0 radical (unpaired) electrons. The molecule has 2 rings (SSSR count). The minimum atomic E-state index is 0.373. The van der Waals surface area contributed by atoms with E-state index < -0.39 is 0 Å². The van der Waals surface area contributed by atoms with Crippen LogP contribution in [0.1, 0.15) is 17.0 Å². The van der Waals surface area contributed by atoms with Gasteiger partial charge in [-0.25, -0.2) is 4.98 Å². The first-order chi connectivity index (χ1) is 7.00. The Morgan fingerprint density at radius 2 is 2.20 bits per heavy atom. The van der Waals surface area contributed by atoms with Gasteiger partial charge in [0.1, 0.15) is 10.7 Å². The van der Waals surface area contributed by atoms with Crippen molar-refractivity contribution in [3.8, 4) is 0 Å². The van der Waals surface area contributed by atoms with Crippen LogP contribution in [-0.4, -0.2) is 14.4 Å². The predicted molar refractivity (Wildman–Crippen MR) is 68.3 cm³/mol. The molecule has 0 saturated carbocycles. The lowest BCUT2D eigenvalue weighted by Gasteiger charge is -2.03. The molecular weight excluding hydrogens is 274 g/mol. The summed E-state index contributed by atoms with van der Waals surface area (Å²) in [4.78, 5) is 4.80. The lowest BCUT2D eigenvalue weighted by molar-refractivity contribution is 1.13. The van der Waals surface area contributed by atoms with Gasteiger partial charge in [-0.2, -0.15) is 0 Å². The minimum Gasteiger partial charge on any atom is -0.388 e. The smallest absolute Gasteiger partial charge is 0.151 e. The van der Waals surface area contributed by atoms with Crippen LogP contribution < -0.4 is 5.73 Å². The lowest BCUT2D eigenvalue weighted by atomic mass is 10.3. The highest BCUT2D eigenvalue weighted by atomic mass is 79.9. The summed E-state index contributed by atoms with van der Waals surface area (Å²) in [5.41, 5.74) is 9.32. The molecule has 3 nitrogen and oxygen atoms in total. The Labute approximate surface area is 101 Å². The molecule has 0 aliphatic carbocycles. The number of rotatable bonds is 1. The van der Waals surface area contributed by atoms with Crippen LogP contribution in [0.2, 0.25) is 0 Å². The molecule has 0 aliphatic rings. The molecule has 0 saturated heterocycles. The van der Waals surface area contributed by atoms with Gasteiger partial charge in [-0.15, -0.1) is 0 Å². The van der Waals surface area contributed by atoms with Crippen LogP contribution >= 0.6 is 28.1 Å². The first-order valence-corrected chi connectivity index (χ1v) is 5.65. The molecule has 15 heavy (non-hydrogen) atoms. The van der Waals surface area contributed by atoms with Crippen LogP contribution in [0.5, 0.6) is 0 Å². The molecule has 0 bridgehead atoms. The molecule has 2 heterocycles. The van der Waals surface area contributed by atoms with E-state index in [-0.39, 0.29) is 0 Å². The number of aromatic nitrogens is 2. The molecule has 0 spiro atoms. The number of hydrogen-bond donors (Lipinski definition) is 1. The van der Waals surface area contributed by atoms with Crippen LogP contribution in [0.3, 0.4) is 0 Å². The van der Waals surface area contributed by atoms with Gasteiger partial charge in [0.15, 0.2) is 5.65 Å². The predicted octanol–water partition coefficient (Wildman–Crippen LogP) is 2.35. The third-order valence-electron chi connectivity index (χ3n) is 2.22. The lowest BCUT2D eigenvalue weighted by Crippen LogP contribution is -2.13. The van der Waals surface area contributed by atoms with E-state index in [0.29, 0.717) is 4.99 Å². The second-order valence-electron chi connectivity index (χ2n) is 3.47. The Morgan fingerprint density at radius 3 is 2.80 bits per heavy atom. The van der Waals surface area contributed by atoms with E-state index in [1.165, 1.54) is 0 Å². The molecule has 0 amide bonds. The van der Waals surface area contributed by atoms with Crippen molar-refractivity contribution >= 4 is 38.8 Å². The van der Waals surface area contributed by atoms with Crippen molar-refractivity contribution in [2.24, 2.45) is 5.73 Å². The summed E-state index contributed by atoms with van der Waals surface area (Å²) in [7, 11) is 0. The number of hydrogen-bond acceptors (Lipinski definition) is 2. The summed E-state index contributed by atoms with van der Waals surface area (Å²) in [6, 6.07) is 2.02. The number of aryl methyl sites for hydroxylation is 2. The van der Waals surface area contributed by atoms with E-state index >= 15 is 0 Å². The van der Waals surface area contributed by atoms with E-state index in [2.05, 4.69) is 20.9 Å².